The Morgan fingerprint density at radius 1 is 0.647 bits per heavy atom. The first kappa shape index (κ1) is 47.7. The van der Waals surface area contributed by atoms with Crippen molar-refractivity contribution in [3.8, 4) is 0 Å². The van der Waals surface area contributed by atoms with E-state index in [4.69, 9.17) is 9.47 Å². The second kappa shape index (κ2) is 33.3. The number of rotatable bonds is 34. The average Bonchev–Trinajstić information content (AvgIpc) is 3.13. The highest BCUT2D eigenvalue weighted by Gasteiger charge is 2.44. The van der Waals surface area contributed by atoms with Crippen LogP contribution in [0.1, 0.15) is 181 Å². The van der Waals surface area contributed by atoms with Crippen LogP contribution in [-0.4, -0.2) is 87.5 Å². The van der Waals surface area contributed by atoms with Crippen LogP contribution in [0.15, 0.2) is 24.3 Å². The van der Waals surface area contributed by atoms with Gasteiger partial charge in [-0.3, -0.25) is 4.79 Å². The van der Waals surface area contributed by atoms with Crippen molar-refractivity contribution in [1.29, 1.82) is 0 Å². The first-order valence-corrected chi connectivity index (χ1v) is 21.1. The van der Waals surface area contributed by atoms with Gasteiger partial charge >= 0.3 is 0 Å². The number of amides is 1. The quantitative estimate of drug-likeness (QED) is 0.0289. The van der Waals surface area contributed by atoms with Crippen molar-refractivity contribution in [1.82, 2.24) is 5.32 Å². The first-order valence-electron chi connectivity index (χ1n) is 21.1. The lowest BCUT2D eigenvalue weighted by Gasteiger charge is -2.40. The summed E-state index contributed by atoms with van der Waals surface area (Å²) in [5.41, 5.74) is 0. The van der Waals surface area contributed by atoms with Crippen LogP contribution in [0.2, 0.25) is 0 Å². The summed E-state index contributed by atoms with van der Waals surface area (Å²) in [5, 5.41) is 54.0. The molecule has 9 nitrogen and oxygen atoms in total. The monoisotopic (exact) mass is 726 g/mol. The minimum Gasteiger partial charge on any atom is -0.394 e. The number of hydrogen-bond acceptors (Lipinski definition) is 8. The van der Waals surface area contributed by atoms with Crippen molar-refractivity contribution < 1.29 is 39.8 Å². The molecule has 9 heteroatoms. The molecule has 1 amide bonds. The molecule has 1 aliphatic heterocycles. The Hall–Kier alpha value is -1.33. The van der Waals surface area contributed by atoms with Gasteiger partial charge in [0.25, 0.3) is 0 Å². The number of ether oxygens (including phenoxy) is 2. The Bertz CT molecular complexity index is 853. The van der Waals surface area contributed by atoms with Gasteiger partial charge < -0.3 is 40.3 Å². The molecule has 51 heavy (non-hydrogen) atoms. The van der Waals surface area contributed by atoms with Gasteiger partial charge in [-0.1, -0.05) is 167 Å². The van der Waals surface area contributed by atoms with Crippen molar-refractivity contribution >= 4 is 5.91 Å². The first-order chi connectivity index (χ1) is 24.8. The molecule has 0 radical (unpaired) electrons. The van der Waals surface area contributed by atoms with Crippen LogP contribution in [0.3, 0.4) is 0 Å². The molecule has 7 atom stereocenters. The predicted octanol–water partition coefficient (Wildman–Crippen LogP) is 7.94. The van der Waals surface area contributed by atoms with E-state index in [0.717, 1.165) is 38.5 Å². The van der Waals surface area contributed by atoms with Crippen LogP contribution in [0, 0.1) is 0 Å². The molecular weight excluding hydrogens is 646 g/mol. The molecule has 1 saturated heterocycles. The SMILES string of the molecule is CCCCCCCC/C=C/CC/C=C/C(O)C(COC1OC(CO)C(O)C(O)C1O)NC(=O)CCCCCCCCCCCCCCCCCC. The molecule has 6 N–H and O–H groups in total. The third-order valence-corrected chi connectivity index (χ3v) is 10.0. The maximum atomic E-state index is 12.9. The zero-order chi connectivity index (χ0) is 37.4. The molecule has 1 aliphatic rings. The summed E-state index contributed by atoms with van der Waals surface area (Å²) < 4.78 is 11.2. The summed E-state index contributed by atoms with van der Waals surface area (Å²) in [5.74, 6) is -0.187. The lowest BCUT2D eigenvalue weighted by Crippen LogP contribution is -2.60. The number of allylic oxidation sites excluding steroid dienone is 3. The molecular formula is C42H79NO8. The Morgan fingerprint density at radius 2 is 1.12 bits per heavy atom. The lowest BCUT2D eigenvalue weighted by molar-refractivity contribution is -0.302. The molecule has 0 aliphatic carbocycles. The Labute approximate surface area is 311 Å². The third-order valence-electron chi connectivity index (χ3n) is 10.0. The summed E-state index contributed by atoms with van der Waals surface area (Å²) in [6.45, 7) is 3.73. The predicted molar refractivity (Wildman–Crippen MR) is 207 cm³/mol. The van der Waals surface area contributed by atoms with Crippen molar-refractivity contribution in [3.05, 3.63) is 24.3 Å². The Morgan fingerprint density at radius 3 is 1.65 bits per heavy atom. The van der Waals surface area contributed by atoms with E-state index < -0.39 is 49.5 Å². The van der Waals surface area contributed by atoms with Gasteiger partial charge in [0, 0.05) is 6.42 Å². The van der Waals surface area contributed by atoms with E-state index in [1.807, 2.05) is 6.08 Å². The van der Waals surface area contributed by atoms with E-state index in [1.54, 1.807) is 6.08 Å². The van der Waals surface area contributed by atoms with E-state index in [2.05, 4.69) is 31.3 Å². The molecule has 0 saturated carbocycles. The maximum absolute atomic E-state index is 12.9. The molecule has 0 bridgehead atoms. The van der Waals surface area contributed by atoms with Gasteiger partial charge in [0.15, 0.2) is 6.29 Å². The fourth-order valence-electron chi connectivity index (χ4n) is 6.58. The van der Waals surface area contributed by atoms with Crippen molar-refractivity contribution in [3.63, 3.8) is 0 Å². The van der Waals surface area contributed by atoms with Gasteiger partial charge in [-0.2, -0.15) is 0 Å². The minimum atomic E-state index is -1.57. The number of carbonyl (C=O) groups excluding carboxylic acids is 1. The van der Waals surface area contributed by atoms with Crippen LogP contribution < -0.4 is 5.32 Å². The van der Waals surface area contributed by atoms with Crippen LogP contribution in [0.5, 0.6) is 0 Å². The van der Waals surface area contributed by atoms with E-state index in [0.29, 0.717) is 6.42 Å². The fourth-order valence-corrected chi connectivity index (χ4v) is 6.58. The molecule has 0 spiro atoms. The Kier molecular flexibility index (Phi) is 31.1. The number of unbranched alkanes of at least 4 members (excludes halogenated alkanes) is 22. The highest BCUT2D eigenvalue weighted by molar-refractivity contribution is 5.76. The van der Waals surface area contributed by atoms with Crippen LogP contribution in [-0.2, 0) is 14.3 Å². The van der Waals surface area contributed by atoms with Crippen LogP contribution in [0.4, 0.5) is 0 Å². The maximum Gasteiger partial charge on any atom is 0.220 e. The zero-order valence-corrected chi connectivity index (χ0v) is 32.6. The molecule has 1 heterocycles. The van der Waals surface area contributed by atoms with Crippen LogP contribution in [0.25, 0.3) is 0 Å². The van der Waals surface area contributed by atoms with Gasteiger partial charge in [0.2, 0.25) is 5.91 Å². The summed E-state index contributed by atoms with van der Waals surface area (Å²) in [6.07, 6.45) is 30.8. The van der Waals surface area contributed by atoms with Gasteiger partial charge in [0.05, 0.1) is 25.4 Å². The average molecular weight is 726 g/mol. The van der Waals surface area contributed by atoms with Crippen molar-refractivity contribution in [2.24, 2.45) is 0 Å². The third kappa shape index (κ3) is 24.6. The largest absolute Gasteiger partial charge is 0.394 e. The van der Waals surface area contributed by atoms with Crippen LogP contribution >= 0.6 is 0 Å². The second-order valence-electron chi connectivity index (χ2n) is 14.8. The molecule has 1 fully saturated rings. The Balaban J connectivity index is 2.41. The summed E-state index contributed by atoms with van der Waals surface area (Å²) in [6, 6.07) is -0.814. The van der Waals surface area contributed by atoms with Crippen molar-refractivity contribution in [2.45, 2.75) is 224 Å². The van der Waals surface area contributed by atoms with Crippen molar-refractivity contribution in [2.75, 3.05) is 13.2 Å². The number of aliphatic hydroxyl groups excluding tert-OH is 5. The van der Waals surface area contributed by atoms with E-state index in [1.165, 1.54) is 122 Å². The summed E-state index contributed by atoms with van der Waals surface area (Å²) >= 11 is 0. The van der Waals surface area contributed by atoms with E-state index in [9.17, 15) is 30.3 Å². The number of nitrogens with one attached hydrogen (secondary N) is 1. The standard InChI is InChI=1S/C42H79NO8/c1-3-5-7-9-11-13-15-17-18-19-20-22-24-26-28-30-32-38(46)43-35(34-50-42-41(49)40(48)39(47)37(33-44)51-42)36(45)31-29-27-25-23-21-16-14-12-10-8-6-4-2/h21,23,29,31,35-37,39-42,44-45,47-49H,3-20,22,24-28,30,32-34H2,1-2H3,(H,43,46)/b23-21+,31-29+. The molecule has 0 aromatic heterocycles. The van der Waals surface area contributed by atoms with Gasteiger partial charge in [-0.05, 0) is 32.1 Å². The molecule has 1 rings (SSSR count). The minimum absolute atomic E-state index is 0.187. The van der Waals surface area contributed by atoms with E-state index in [-0.39, 0.29) is 12.5 Å². The molecule has 7 unspecified atom stereocenters. The summed E-state index contributed by atoms with van der Waals surface area (Å²) in [7, 11) is 0. The molecule has 0 aromatic rings. The highest BCUT2D eigenvalue weighted by atomic mass is 16.7. The highest BCUT2D eigenvalue weighted by Crippen LogP contribution is 2.22. The zero-order valence-electron chi connectivity index (χ0n) is 32.6. The fraction of sp³-hybridized carbons (Fsp3) is 0.881. The number of aliphatic hydroxyl groups is 5. The van der Waals surface area contributed by atoms with Gasteiger partial charge in [-0.25, -0.2) is 0 Å². The van der Waals surface area contributed by atoms with E-state index >= 15 is 0 Å². The lowest BCUT2D eigenvalue weighted by atomic mass is 9.99. The van der Waals surface area contributed by atoms with Gasteiger partial charge in [0.1, 0.15) is 24.4 Å². The molecule has 0 aromatic carbocycles. The number of carbonyl (C=O) groups is 1. The second-order valence-corrected chi connectivity index (χ2v) is 14.8. The number of hydrogen-bond donors (Lipinski definition) is 6. The van der Waals surface area contributed by atoms with Gasteiger partial charge in [-0.15, -0.1) is 0 Å². The normalized spacial score (nSPS) is 22.2. The summed E-state index contributed by atoms with van der Waals surface area (Å²) in [4.78, 5) is 12.9. The topological polar surface area (TPSA) is 149 Å². The smallest absolute Gasteiger partial charge is 0.220 e. The molecule has 300 valence electrons.